The smallest absolute Gasteiger partial charge is 0.314 e. The van der Waals surface area contributed by atoms with Gasteiger partial charge in [-0.1, -0.05) is 46.4 Å². The fourth-order valence-electron chi connectivity index (χ4n) is 12.5. The summed E-state index contributed by atoms with van der Waals surface area (Å²) in [5, 5.41) is 20.0. The lowest BCUT2D eigenvalue weighted by atomic mass is 10.1. The van der Waals surface area contributed by atoms with Gasteiger partial charge < -0.3 is 55.4 Å². The number of nitrogens with one attached hydrogen (secondary N) is 8. The van der Waals surface area contributed by atoms with Gasteiger partial charge in [0.25, 0.3) is 0 Å². The van der Waals surface area contributed by atoms with E-state index < -0.39 is 45.2 Å². The van der Waals surface area contributed by atoms with Crippen molar-refractivity contribution in [2.24, 2.45) is 0 Å². The zero-order chi connectivity index (χ0) is 62.4. The van der Waals surface area contributed by atoms with E-state index in [0.717, 1.165) is 93.6 Å². The predicted octanol–water partition coefficient (Wildman–Crippen LogP) is 5.63. The summed E-state index contributed by atoms with van der Waals surface area (Å²) in [5.41, 5.74) is 3.53. The van der Waals surface area contributed by atoms with Crippen molar-refractivity contribution in [1.82, 2.24) is 60.9 Å². The van der Waals surface area contributed by atoms with Crippen LogP contribution in [0.5, 0.6) is 11.5 Å². The van der Waals surface area contributed by atoms with Crippen LogP contribution in [-0.4, -0.2) is 213 Å². The second-order valence-corrected chi connectivity index (χ2v) is 27.8. The summed E-state index contributed by atoms with van der Waals surface area (Å²) < 4.78 is 102. The average molecular weight is 1360 g/mol. The lowest BCUT2D eigenvalue weighted by Gasteiger charge is -2.36. The molecule has 10 rings (SSSR count). The molecule has 21 nitrogen and oxygen atoms in total. The van der Waals surface area contributed by atoms with Gasteiger partial charge in [0.2, 0.25) is 10.0 Å². The van der Waals surface area contributed by atoms with Crippen molar-refractivity contribution in [3.63, 3.8) is 0 Å². The molecule has 4 aromatic carbocycles. The minimum absolute atomic E-state index is 0.0383. The number of ether oxygens (including phenoxy) is 4. The van der Waals surface area contributed by atoms with Crippen LogP contribution in [0, 0.1) is 11.6 Å². The lowest BCUT2D eigenvalue weighted by Crippen LogP contribution is -2.50. The van der Waals surface area contributed by atoms with Crippen LogP contribution >= 0.6 is 46.4 Å². The van der Waals surface area contributed by atoms with E-state index in [2.05, 4.69) is 60.9 Å². The summed E-state index contributed by atoms with van der Waals surface area (Å²) in [6, 6.07) is 14.1. The monoisotopic (exact) mass is 1350 g/mol. The van der Waals surface area contributed by atoms with Gasteiger partial charge in [0.15, 0.2) is 28.0 Å². The molecule has 0 radical (unpaired) electrons. The van der Waals surface area contributed by atoms with Crippen molar-refractivity contribution < 1.29 is 50.3 Å². The molecule has 488 valence electrons. The lowest BCUT2D eigenvalue weighted by molar-refractivity contribution is 0.0667. The number of carbonyl (C=O) groups excluding carboxylic acids is 2. The highest BCUT2D eigenvalue weighted by atomic mass is 35.5. The normalized spacial score (nSPS) is 22.9. The molecule has 29 heteroatoms. The Morgan fingerprint density at radius 1 is 0.607 bits per heavy atom. The number of likely N-dealkylation sites (tertiary alicyclic amines) is 2. The van der Waals surface area contributed by atoms with Crippen LogP contribution in [0.25, 0.3) is 0 Å². The summed E-state index contributed by atoms with van der Waals surface area (Å²) in [7, 11) is -4.04. The summed E-state index contributed by atoms with van der Waals surface area (Å²) in [5.74, 6) is -1.36. The highest BCUT2D eigenvalue weighted by Gasteiger charge is 2.42. The summed E-state index contributed by atoms with van der Waals surface area (Å²) in [6.07, 6.45) is 2.93. The Labute approximate surface area is 542 Å². The first-order valence-electron chi connectivity index (χ1n) is 30.7. The van der Waals surface area contributed by atoms with E-state index in [0.29, 0.717) is 142 Å². The highest BCUT2D eigenvalue weighted by Crippen LogP contribution is 2.45. The molecule has 0 aromatic heterocycles. The molecule has 7 atom stereocenters. The fourth-order valence-corrected chi connectivity index (χ4v) is 16.0. The average Bonchev–Trinajstić information content (AvgIpc) is 1.69. The molecule has 4 saturated heterocycles. The van der Waals surface area contributed by atoms with Crippen molar-refractivity contribution >= 4 is 79.9 Å². The maximum absolute atomic E-state index is 15.7. The first-order valence-corrected chi connectivity index (χ1v) is 34.8. The molecule has 8 N–H and O–H groups in total. The molecule has 89 heavy (non-hydrogen) atoms. The van der Waals surface area contributed by atoms with Gasteiger partial charge in [0.1, 0.15) is 12.2 Å². The van der Waals surface area contributed by atoms with Gasteiger partial charge in [0.05, 0.1) is 60.8 Å². The molecular weight excluding hydrogens is 1280 g/mol. The number of urea groups is 2. The number of fused-ring (bicyclic) bond motifs is 2. The largest absolute Gasteiger partial charge is 0.593 e. The molecule has 4 amide bonds. The van der Waals surface area contributed by atoms with Crippen molar-refractivity contribution in [2.45, 2.75) is 84.7 Å². The van der Waals surface area contributed by atoms with Gasteiger partial charge in [0, 0.05) is 148 Å². The van der Waals surface area contributed by atoms with E-state index in [9.17, 15) is 22.6 Å². The Balaban J connectivity index is 0.521. The van der Waals surface area contributed by atoms with Crippen LogP contribution in [0.3, 0.4) is 0 Å². The third kappa shape index (κ3) is 18.6. The van der Waals surface area contributed by atoms with Crippen LogP contribution in [0.15, 0.2) is 70.5 Å². The van der Waals surface area contributed by atoms with Gasteiger partial charge in [-0.25, -0.2) is 31.5 Å². The number of hydrogen-bond acceptors (Lipinski definition) is 16. The molecule has 0 spiro atoms. The van der Waals surface area contributed by atoms with Gasteiger partial charge in [-0.2, -0.15) is 0 Å². The zero-order valence-corrected chi connectivity index (χ0v) is 54.2. The number of rotatable bonds is 29. The van der Waals surface area contributed by atoms with Crippen molar-refractivity contribution in [1.29, 1.82) is 0 Å². The molecule has 0 bridgehead atoms. The first kappa shape index (κ1) is 67.8. The van der Waals surface area contributed by atoms with Crippen LogP contribution in [0.4, 0.5) is 18.4 Å². The Bertz CT molecular complexity index is 3170. The number of unbranched alkanes of at least 4 members (excludes halogenated alkanes) is 1. The first-order chi connectivity index (χ1) is 43.0. The Morgan fingerprint density at radius 3 is 1.58 bits per heavy atom. The SMILES string of the molecule is O=C(NCCCCNC(=O)NCCOCCN1CC[C@@H](NS(=O)(=O)c2ccc(O[C@H]3c4cc(Cl)cc(Cl)c4C[C@@H]3N3CCNCC3)c(F)c2)C1)NCCOCCN1CC[C@@H](N[S+]([O-])c2ccc(O[C@H]3c4cc(Cl)cc(Cl)c4C[C@@H]3N3CCNCC3)c(F)c2)C1. The maximum Gasteiger partial charge on any atom is 0.314 e. The number of hydrogen-bond donors (Lipinski definition) is 8. The second-order valence-electron chi connectivity index (χ2n) is 23.2. The van der Waals surface area contributed by atoms with E-state index in [1.165, 1.54) is 18.2 Å². The molecule has 4 aromatic rings. The molecule has 1 unspecified atom stereocenters. The van der Waals surface area contributed by atoms with Gasteiger partial charge >= 0.3 is 12.1 Å². The number of sulfonamides is 1. The molecule has 2 aliphatic carbocycles. The number of halogens is 6. The standard InChI is InChI=1S/C60H80Cl4F2N12O9S2/c61-39-29-47-45(49(63)31-39)35-53(77-19-11-67-12-20-77)57(47)86-55-5-3-43(33-51(55)65)88(81)73-41-7-17-75(37-41)23-27-84-25-15-71-59(79)69-9-1-2-10-70-60(80)72-16-26-85-28-24-76-18-8-42(38-76)74-89(82,83)44-4-6-56(52(66)34-44)87-58-48-30-40(62)32-50(64)46(48)36-54(58)78-21-13-68-14-22-78/h3-6,29-34,41-42,53-54,57-58,67-68,73-74H,1-2,7-28,35-38H2,(H2,69,71,79)(H2,70,72,80)/t41-,42-,53+,54+,57+,58+,88?/m1/s1. The number of nitrogens with zero attached hydrogens (tertiary/aromatic N) is 4. The number of piperazine rings is 2. The predicted molar refractivity (Wildman–Crippen MR) is 340 cm³/mol. The molecule has 6 aliphatic rings. The maximum atomic E-state index is 15.7. The van der Waals surface area contributed by atoms with E-state index in [4.69, 9.17) is 65.4 Å². The number of amides is 4. The molecular formula is C60H80Cl4F2N12O9S2. The Hall–Kier alpha value is -4.10. The van der Waals surface area contributed by atoms with E-state index in [-0.39, 0.29) is 52.6 Å². The number of carbonyl (C=O) groups is 2. The topological polar surface area (TPSA) is 237 Å². The molecule has 4 fully saturated rings. The summed E-state index contributed by atoms with van der Waals surface area (Å²) in [4.78, 5) is 33.7. The van der Waals surface area contributed by atoms with Crippen molar-refractivity contribution in [3.05, 3.63) is 115 Å². The van der Waals surface area contributed by atoms with Crippen LogP contribution in [-0.2, 0) is 43.7 Å². The Morgan fingerprint density at radius 2 is 1.08 bits per heavy atom. The van der Waals surface area contributed by atoms with Crippen LogP contribution in [0.1, 0.15) is 60.1 Å². The van der Waals surface area contributed by atoms with Gasteiger partial charge in [-0.05, 0) is 117 Å². The van der Waals surface area contributed by atoms with E-state index in [1.807, 2.05) is 12.1 Å². The summed E-state index contributed by atoms with van der Waals surface area (Å²) >= 11 is 24.4. The quantitative estimate of drug-likeness (QED) is 0.0243. The highest BCUT2D eigenvalue weighted by molar-refractivity contribution is 7.89. The van der Waals surface area contributed by atoms with Gasteiger partial charge in [-0.15, -0.1) is 4.72 Å². The molecule has 4 aliphatic heterocycles. The zero-order valence-electron chi connectivity index (χ0n) is 49.6. The van der Waals surface area contributed by atoms with Gasteiger partial charge in [-0.3, -0.25) is 19.6 Å². The molecule has 0 saturated carbocycles. The third-order valence-corrected chi connectivity index (χ3v) is 20.9. The van der Waals surface area contributed by atoms with Crippen molar-refractivity contribution in [2.75, 3.05) is 144 Å². The van der Waals surface area contributed by atoms with Crippen LogP contribution < -0.4 is 50.8 Å². The van der Waals surface area contributed by atoms with Crippen molar-refractivity contribution in [3.8, 4) is 11.5 Å². The Kier molecular flexibility index (Phi) is 24.9. The van der Waals surface area contributed by atoms with Crippen LogP contribution in [0.2, 0.25) is 20.1 Å². The molecule has 4 heterocycles. The third-order valence-electron chi connectivity index (χ3n) is 17.1. The number of benzene rings is 4. The van der Waals surface area contributed by atoms with E-state index in [1.54, 1.807) is 24.3 Å². The minimum Gasteiger partial charge on any atom is -0.593 e. The van der Waals surface area contributed by atoms with E-state index >= 15 is 8.78 Å². The minimum atomic E-state index is -4.04. The second kappa shape index (κ2) is 32.6. The summed E-state index contributed by atoms with van der Waals surface area (Å²) in [6.45, 7) is 13.3. The fraction of sp³-hybridized carbons (Fsp3) is 0.567.